The van der Waals surface area contributed by atoms with E-state index in [2.05, 4.69) is 5.32 Å². The highest BCUT2D eigenvalue weighted by Gasteiger charge is 2.24. The van der Waals surface area contributed by atoms with Crippen molar-refractivity contribution in [3.63, 3.8) is 0 Å². The molecule has 5 nitrogen and oxygen atoms in total. The van der Waals surface area contributed by atoms with Gasteiger partial charge in [-0.1, -0.05) is 18.2 Å². The number of hydrogen-bond acceptors (Lipinski definition) is 5. The fourth-order valence-electron chi connectivity index (χ4n) is 3.16. The van der Waals surface area contributed by atoms with Gasteiger partial charge < -0.3 is 14.8 Å². The highest BCUT2D eigenvalue weighted by Crippen LogP contribution is 2.34. The molecule has 124 valence electrons. The molecule has 2 N–H and O–H groups in total. The van der Waals surface area contributed by atoms with Gasteiger partial charge in [0.05, 0.1) is 16.4 Å². The summed E-state index contributed by atoms with van der Waals surface area (Å²) in [6.07, 6.45) is 0.760. The predicted molar refractivity (Wildman–Crippen MR) is 89.4 cm³/mol. The van der Waals surface area contributed by atoms with Crippen LogP contribution in [-0.2, 0) is 29.4 Å². The molecule has 0 atom stereocenters. The number of hydrogen-bond donors (Lipinski definition) is 2. The van der Waals surface area contributed by atoms with E-state index < -0.39 is 9.84 Å². The summed E-state index contributed by atoms with van der Waals surface area (Å²) in [5.74, 6) is 0.868. The molecular weight excluding hydrogens is 326 g/mol. The number of rotatable bonds is 3. The Labute approximate surface area is 139 Å². The van der Waals surface area contributed by atoms with Crippen LogP contribution in [0.5, 0.6) is 0 Å². The Hall–Kier alpha value is -2.15. The third-order valence-corrected chi connectivity index (χ3v) is 6.14. The molecule has 2 heterocycles. The minimum Gasteiger partial charge on any atom is -0.460 e. The molecule has 24 heavy (non-hydrogen) atoms. The van der Waals surface area contributed by atoms with E-state index >= 15 is 0 Å². The zero-order chi connectivity index (χ0) is 16.7. The van der Waals surface area contributed by atoms with Crippen molar-refractivity contribution in [3.05, 3.63) is 59.4 Å². The highest BCUT2D eigenvalue weighted by molar-refractivity contribution is 7.91. The number of benzene rings is 2. The van der Waals surface area contributed by atoms with Crippen LogP contribution in [0, 0.1) is 0 Å². The maximum absolute atomic E-state index is 12.9. The van der Waals surface area contributed by atoms with Crippen LogP contribution >= 0.6 is 0 Å². The van der Waals surface area contributed by atoms with Gasteiger partial charge in [0.1, 0.15) is 11.3 Å². The van der Waals surface area contributed by atoms with E-state index in [0.29, 0.717) is 17.7 Å². The van der Waals surface area contributed by atoms with Gasteiger partial charge in [-0.15, -0.1) is 0 Å². The van der Waals surface area contributed by atoms with E-state index in [0.717, 1.165) is 29.7 Å². The van der Waals surface area contributed by atoms with Gasteiger partial charge in [0.25, 0.3) is 0 Å². The van der Waals surface area contributed by atoms with Crippen LogP contribution in [0.1, 0.15) is 16.9 Å². The van der Waals surface area contributed by atoms with Gasteiger partial charge in [0.15, 0.2) is 0 Å². The molecule has 0 unspecified atom stereocenters. The maximum Gasteiger partial charge on any atom is 0.206 e. The maximum atomic E-state index is 12.9. The minimum absolute atomic E-state index is 0.180. The first-order chi connectivity index (χ1) is 11.6. The smallest absolute Gasteiger partial charge is 0.206 e. The number of aliphatic hydroxyl groups excluding tert-OH is 1. The van der Waals surface area contributed by atoms with E-state index in [9.17, 15) is 13.5 Å². The van der Waals surface area contributed by atoms with Crippen molar-refractivity contribution in [2.75, 3.05) is 6.54 Å². The molecule has 0 radical (unpaired) electrons. The van der Waals surface area contributed by atoms with E-state index in [-0.39, 0.29) is 16.4 Å². The van der Waals surface area contributed by atoms with Crippen molar-refractivity contribution in [2.24, 2.45) is 0 Å². The normalized spacial score (nSPS) is 14.7. The van der Waals surface area contributed by atoms with Gasteiger partial charge in [-0.2, -0.15) is 0 Å². The molecule has 1 aromatic heterocycles. The first kappa shape index (κ1) is 15.4. The van der Waals surface area contributed by atoms with E-state index in [1.54, 1.807) is 36.4 Å². The first-order valence-corrected chi connectivity index (χ1v) is 9.28. The summed E-state index contributed by atoms with van der Waals surface area (Å²) in [6.45, 7) is 1.20. The molecule has 2 aromatic carbocycles. The van der Waals surface area contributed by atoms with E-state index in [1.165, 1.54) is 6.07 Å². The Morgan fingerprint density at radius 1 is 1.12 bits per heavy atom. The van der Waals surface area contributed by atoms with Crippen LogP contribution in [0.4, 0.5) is 0 Å². The first-order valence-electron chi connectivity index (χ1n) is 7.80. The standard InChI is InChI=1S/C18H17NO4S/c20-11-12-8-14(24(21,22)13-4-2-1-3-5-13)9-15-16-10-19-7-6-17(16)23-18(12)15/h1-5,8-9,19-20H,6-7,10-11H2. The van der Waals surface area contributed by atoms with Gasteiger partial charge in [-0.3, -0.25) is 0 Å². The number of nitrogens with one attached hydrogen (secondary N) is 1. The summed E-state index contributed by atoms with van der Waals surface area (Å²) in [7, 11) is -3.64. The van der Waals surface area contributed by atoms with Crippen LogP contribution in [0.15, 0.2) is 56.7 Å². The Kier molecular flexibility index (Phi) is 3.68. The summed E-state index contributed by atoms with van der Waals surface area (Å²) < 4.78 is 31.7. The number of aliphatic hydroxyl groups is 1. The monoisotopic (exact) mass is 343 g/mol. The lowest BCUT2D eigenvalue weighted by molar-refractivity contribution is 0.281. The second-order valence-corrected chi connectivity index (χ2v) is 7.81. The molecule has 1 aliphatic rings. The molecule has 0 saturated heterocycles. The van der Waals surface area contributed by atoms with E-state index in [4.69, 9.17) is 4.42 Å². The summed E-state index contributed by atoms with van der Waals surface area (Å²) in [4.78, 5) is 0.420. The SMILES string of the molecule is O=S(=O)(c1ccccc1)c1cc(CO)c2oc3c(c2c1)CNCC3. The van der Waals surface area contributed by atoms with Crippen LogP contribution < -0.4 is 5.32 Å². The summed E-state index contributed by atoms with van der Waals surface area (Å²) in [5, 5.41) is 13.7. The summed E-state index contributed by atoms with van der Waals surface area (Å²) in [5.41, 5.74) is 2.06. The molecular formula is C18H17NO4S. The molecule has 0 saturated carbocycles. The second kappa shape index (κ2) is 5.73. The average molecular weight is 343 g/mol. The molecule has 0 bridgehead atoms. The van der Waals surface area contributed by atoms with Gasteiger partial charge in [0.2, 0.25) is 9.84 Å². The quantitative estimate of drug-likeness (QED) is 0.763. The fraction of sp³-hybridized carbons (Fsp3) is 0.222. The minimum atomic E-state index is -3.64. The molecule has 4 rings (SSSR count). The molecule has 3 aromatic rings. The third-order valence-electron chi connectivity index (χ3n) is 4.39. The lowest BCUT2D eigenvalue weighted by atomic mass is 10.0. The van der Waals surface area contributed by atoms with Crippen molar-refractivity contribution in [1.29, 1.82) is 0 Å². The summed E-state index contributed by atoms with van der Waals surface area (Å²) in [6, 6.07) is 11.5. The fourth-order valence-corrected chi connectivity index (χ4v) is 4.52. The van der Waals surface area contributed by atoms with Crippen LogP contribution in [0.25, 0.3) is 11.0 Å². The second-order valence-electron chi connectivity index (χ2n) is 5.86. The molecule has 0 spiro atoms. The van der Waals surface area contributed by atoms with Crippen LogP contribution in [0.3, 0.4) is 0 Å². The third kappa shape index (κ3) is 2.34. The van der Waals surface area contributed by atoms with Gasteiger partial charge in [-0.25, -0.2) is 8.42 Å². The van der Waals surface area contributed by atoms with Crippen molar-refractivity contribution < 1.29 is 17.9 Å². The number of furan rings is 1. The van der Waals surface area contributed by atoms with Gasteiger partial charge >= 0.3 is 0 Å². The predicted octanol–water partition coefficient (Wildman–Crippen LogP) is 2.40. The number of fused-ring (bicyclic) bond motifs is 3. The molecule has 1 aliphatic heterocycles. The van der Waals surface area contributed by atoms with Crippen LogP contribution in [-0.4, -0.2) is 20.1 Å². The zero-order valence-electron chi connectivity index (χ0n) is 13.0. The Bertz CT molecular complexity index is 1010. The molecule has 0 fully saturated rings. The molecule has 6 heteroatoms. The lowest BCUT2D eigenvalue weighted by Crippen LogP contribution is -2.22. The molecule has 0 amide bonds. The average Bonchev–Trinajstić information content (AvgIpc) is 3.00. The van der Waals surface area contributed by atoms with Crippen molar-refractivity contribution in [1.82, 2.24) is 5.32 Å². The summed E-state index contributed by atoms with van der Waals surface area (Å²) >= 11 is 0. The van der Waals surface area contributed by atoms with Gasteiger partial charge in [-0.05, 0) is 24.3 Å². The zero-order valence-corrected chi connectivity index (χ0v) is 13.8. The number of sulfone groups is 1. The van der Waals surface area contributed by atoms with Crippen molar-refractivity contribution in [3.8, 4) is 0 Å². The Morgan fingerprint density at radius 2 is 1.92 bits per heavy atom. The van der Waals surface area contributed by atoms with Crippen molar-refractivity contribution >= 4 is 20.8 Å². The Balaban J connectivity index is 1.97. The lowest BCUT2D eigenvalue weighted by Gasteiger charge is -2.11. The van der Waals surface area contributed by atoms with Crippen LogP contribution in [0.2, 0.25) is 0 Å². The van der Waals surface area contributed by atoms with Gasteiger partial charge in [0, 0.05) is 36.0 Å². The van der Waals surface area contributed by atoms with E-state index in [1.807, 2.05) is 0 Å². The topological polar surface area (TPSA) is 79.5 Å². The van der Waals surface area contributed by atoms with Crippen molar-refractivity contribution in [2.45, 2.75) is 29.4 Å². The molecule has 0 aliphatic carbocycles. The largest absolute Gasteiger partial charge is 0.460 e. The Morgan fingerprint density at radius 3 is 2.67 bits per heavy atom. The highest BCUT2D eigenvalue weighted by atomic mass is 32.2.